The minimum absolute atomic E-state index is 0. The number of aromatic nitrogens is 1. The molecule has 4 N–H and O–H groups in total. The van der Waals surface area contributed by atoms with Crippen LogP contribution >= 0.6 is 12.4 Å². The smallest absolute Gasteiger partial charge is 0.339 e. The molecule has 8 heteroatoms. The second-order valence-electron chi connectivity index (χ2n) is 5.44. The SMILES string of the molecule is CCc1[nH]c(C(=O)Nc2ccc(OCCN)cc2)c(C)c1C(=O)OC.Cl. The highest BCUT2D eigenvalue weighted by Gasteiger charge is 2.23. The number of methoxy groups -OCH3 is 1. The van der Waals surface area contributed by atoms with Crippen LogP contribution in [0.15, 0.2) is 24.3 Å². The lowest BCUT2D eigenvalue weighted by Crippen LogP contribution is -2.14. The number of carbonyl (C=O) groups excluding carboxylic acids is 2. The van der Waals surface area contributed by atoms with Gasteiger partial charge in [-0.1, -0.05) is 6.92 Å². The van der Waals surface area contributed by atoms with E-state index in [2.05, 4.69) is 10.3 Å². The summed E-state index contributed by atoms with van der Waals surface area (Å²) in [7, 11) is 1.32. The summed E-state index contributed by atoms with van der Waals surface area (Å²) in [5.74, 6) is -0.0928. The van der Waals surface area contributed by atoms with E-state index in [0.717, 1.165) is 0 Å². The van der Waals surface area contributed by atoms with E-state index in [9.17, 15) is 9.59 Å². The number of ether oxygens (including phenoxy) is 2. The zero-order valence-corrected chi connectivity index (χ0v) is 15.9. The van der Waals surface area contributed by atoms with E-state index in [1.54, 1.807) is 31.2 Å². The average Bonchev–Trinajstić information content (AvgIpc) is 2.97. The highest BCUT2D eigenvalue weighted by Crippen LogP contribution is 2.22. The Morgan fingerprint density at radius 2 is 1.88 bits per heavy atom. The van der Waals surface area contributed by atoms with Gasteiger partial charge in [0.15, 0.2) is 0 Å². The molecule has 1 aromatic heterocycles. The summed E-state index contributed by atoms with van der Waals surface area (Å²) in [5.41, 5.74) is 8.03. The first-order valence-corrected chi connectivity index (χ1v) is 8.05. The van der Waals surface area contributed by atoms with Crippen molar-refractivity contribution in [1.29, 1.82) is 0 Å². The molecule has 0 aliphatic rings. The summed E-state index contributed by atoms with van der Waals surface area (Å²) < 4.78 is 10.2. The first-order valence-electron chi connectivity index (χ1n) is 8.05. The van der Waals surface area contributed by atoms with E-state index in [4.69, 9.17) is 15.2 Å². The lowest BCUT2D eigenvalue weighted by Gasteiger charge is -2.07. The third-order valence-electron chi connectivity index (χ3n) is 3.80. The molecule has 0 bridgehead atoms. The fourth-order valence-electron chi connectivity index (χ4n) is 2.53. The van der Waals surface area contributed by atoms with Gasteiger partial charge >= 0.3 is 5.97 Å². The van der Waals surface area contributed by atoms with Crippen molar-refractivity contribution in [2.75, 3.05) is 25.6 Å². The van der Waals surface area contributed by atoms with Gasteiger partial charge in [0.1, 0.15) is 18.1 Å². The zero-order chi connectivity index (χ0) is 18.4. The van der Waals surface area contributed by atoms with Crippen LogP contribution < -0.4 is 15.8 Å². The van der Waals surface area contributed by atoms with Gasteiger partial charge < -0.3 is 25.5 Å². The van der Waals surface area contributed by atoms with Crippen molar-refractivity contribution in [2.24, 2.45) is 5.73 Å². The van der Waals surface area contributed by atoms with Crippen molar-refractivity contribution in [1.82, 2.24) is 4.98 Å². The van der Waals surface area contributed by atoms with Gasteiger partial charge in [0.2, 0.25) is 0 Å². The van der Waals surface area contributed by atoms with Crippen LogP contribution in [0.25, 0.3) is 0 Å². The predicted octanol–water partition coefficient (Wildman–Crippen LogP) is 2.68. The van der Waals surface area contributed by atoms with E-state index in [-0.39, 0.29) is 18.3 Å². The summed E-state index contributed by atoms with van der Waals surface area (Å²) in [5, 5.41) is 2.80. The molecule has 1 heterocycles. The van der Waals surface area contributed by atoms with Crippen LogP contribution in [0.3, 0.4) is 0 Å². The Morgan fingerprint density at radius 3 is 2.42 bits per heavy atom. The minimum atomic E-state index is -0.453. The Labute approximate surface area is 158 Å². The van der Waals surface area contributed by atoms with Crippen molar-refractivity contribution in [3.8, 4) is 5.75 Å². The number of aromatic amines is 1. The maximum Gasteiger partial charge on any atom is 0.339 e. The number of aryl methyl sites for hydroxylation is 1. The largest absolute Gasteiger partial charge is 0.492 e. The molecule has 1 amide bonds. The number of hydrogen-bond acceptors (Lipinski definition) is 5. The summed E-state index contributed by atoms with van der Waals surface area (Å²) >= 11 is 0. The molecule has 26 heavy (non-hydrogen) atoms. The van der Waals surface area contributed by atoms with Gasteiger partial charge in [-0.15, -0.1) is 12.4 Å². The van der Waals surface area contributed by atoms with Crippen LogP contribution in [0.4, 0.5) is 5.69 Å². The number of amides is 1. The van der Waals surface area contributed by atoms with Gasteiger partial charge in [0, 0.05) is 17.9 Å². The van der Waals surface area contributed by atoms with Crippen molar-refractivity contribution in [3.63, 3.8) is 0 Å². The Hall–Kier alpha value is -2.51. The molecule has 142 valence electrons. The summed E-state index contributed by atoms with van der Waals surface area (Å²) in [4.78, 5) is 27.5. The number of halogens is 1. The Morgan fingerprint density at radius 1 is 1.23 bits per heavy atom. The molecule has 0 saturated heterocycles. The Balaban J connectivity index is 0.00000338. The lowest BCUT2D eigenvalue weighted by atomic mass is 10.1. The highest BCUT2D eigenvalue weighted by molar-refractivity contribution is 6.06. The van der Waals surface area contributed by atoms with E-state index in [0.29, 0.717) is 53.5 Å². The van der Waals surface area contributed by atoms with Crippen LogP contribution in [0, 0.1) is 6.92 Å². The van der Waals surface area contributed by atoms with Gasteiger partial charge in [0.05, 0.1) is 12.7 Å². The maximum absolute atomic E-state index is 12.5. The van der Waals surface area contributed by atoms with Crippen LogP contribution in [-0.4, -0.2) is 37.1 Å². The Bertz CT molecular complexity index is 757. The number of carbonyl (C=O) groups is 2. The summed E-state index contributed by atoms with van der Waals surface area (Å²) in [6.45, 7) is 4.50. The van der Waals surface area contributed by atoms with Crippen LogP contribution in [0.2, 0.25) is 0 Å². The zero-order valence-electron chi connectivity index (χ0n) is 15.0. The van der Waals surface area contributed by atoms with E-state index < -0.39 is 5.97 Å². The number of nitrogens with two attached hydrogens (primary N) is 1. The standard InChI is InChI=1S/C18H23N3O4.ClH/c1-4-14-15(18(23)24-3)11(2)16(21-14)17(22)20-12-5-7-13(8-6-12)25-10-9-19;/h5-8,21H,4,9-10,19H2,1-3H3,(H,20,22);1H. The molecule has 0 aliphatic heterocycles. The molecule has 0 radical (unpaired) electrons. The van der Waals surface area contributed by atoms with Crippen molar-refractivity contribution >= 4 is 30.0 Å². The van der Waals surface area contributed by atoms with E-state index in [1.807, 2.05) is 6.92 Å². The quantitative estimate of drug-likeness (QED) is 0.639. The average molecular weight is 382 g/mol. The number of rotatable bonds is 7. The van der Waals surface area contributed by atoms with Crippen LogP contribution in [0.1, 0.15) is 39.0 Å². The predicted molar refractivity (Wildman–Crippen MR) is 102 cm³/mol. The fourth-order valence-corrected chi connectivity index (χ4v) is 2.53. The Kier molecular flexibility index (Phi) is 8.15. The maximum atomic E-state index is 12.5. The topological polar surface area (TPSA) is 106 Å². The van der Waals surface area contributed by atoms with Gasteiger partial charge in [-0.3, -0.25) is 4.79 Å². The third kappa shape index (κ3) is 4.77. The fraction of sp³-hybridized carbons (Fsp3) is 0.333. The molecule has 1 aromatic carbocycles. The number of anilines is 1. The molecule has 0 fully saturated rings. The molecule has 0 saturated carbocycles. The van der Waals surface area contributed by atoms with E-state index in [1.165, 1.54) is 7.11 Å². The molecule has 0 spiro atoms. The van der Waals surface area contributed by atoms with E-state index >= 15 is 0 Å². The van der Waals surface area contributed by atoms with Crippen molar-refractivity contribution in [2.45, 2.75) is 20.3 Å². The first kappa shape index (κ1) is 21.5. The number of nitrogens with one attached hydrogen (secondary N) is 2. The highest BCUT2D eigenvalue weighted by atomic mass is 35.5. The number of esters is 1. The molecule has 2 rings (SSSR count). The molecule has 0 aliphatic carbocycles. The third-order valence-corrected chi connectivity index (χ3v) is 3.80. The summed E-state index contributed by atoms with van der Waals surface area (Å²) in [6.07, 6.45) is 0.589. The van der Waals surface area contributed by atoms with Gasteiger partial charge in [0.25, 0.3) is 5.91 Å². The minimum Gasteiger partial charge on any atom is -0.492 e. The van der Waals surface area contributed by atoms with Gasteiger partial charge in [-0.05, 0) is 43.2 Å². The molecule has 2 aromatic rings. The number of H-pyrrole nitrogens is 1. The molecular weight excluding hydrogens is 358 g/mol. The molecule has 0 atom stereocenters. The van der Waals surface area contributed by atoms with Crippen molar-refractivity contribution < 1.29 is 19.1 Å². The van der Waals surface area contributed by atoms with Crippen LogP contribution in [-0.2, 0) is 11.2 Å². The second-order valence-corrected chi connectivity index (χ2v) is 5.44. The molecular formula is C18H24ClN3O4. The monoisotopic (exact) mass is 381 g/mol. The number of benzene rings is 1. The lowest BCUT2D eigenvalue weighted by molar-refractivity contribution is 0.0599. The van der Waals surface area contributed by atoms with Gasteiger partial charge in [-0.25, -0.2) is 4.79 Å². The first-order chi connectivity index (χ1) is 12.0. The van der Waals surface area contributed by atoms with Crippen molar-refractivity contribution in [3.05, 3.63) is 46.8 Å². The van der Waals surface area contributed by atoms with Crippen LogP contribution in [0.5, 0.6) is 5.75 Å². The van der Waals surface area contributed by atoms with Gasteiger partial charge in [-0.2, -0.15) is 0 Å². The second kappa shape index (κ2) is 9.84. The molecule has 7 nitrogen and oxygen atoms in total. The molecule has 0 unspecified atom stereocenters. The normalized spacial score (nSPS) is 10.0. The number of hydrogen-bond donors (Lipinski definition) is 3. The summed E-state index contributed by atoms with van der Waals surface area (Å²) in [6, 6.07) is 6.99.